The van der Waals surface area contributed by atoms with Gasteiger partial charge < -0.3 is 10.6 Å². The van der Waals surface area contributed by atoms with Gasteiger partial charge in [0.05, 0.1) is 6.54 Å². The van der Waals surface area contributed by atoms with E-state index in [4.69, 9.17) is 0 Å². The SMILES string of the molecule is Cc1cccc(NC(=O)CN(CC2CCCN2)C2CC2)c1. The van der Waals surface area contributed by atoms with Crippen molar-refractivity contribution in [3.8, 4) is 0 Å². The monoisotopic (exact) mass is 287 g/mol. The van der Waals surface area contributed by atoms with Gasteiger partial charge >= 0.3 is 0 Å². The highest BCUT2D eigenvalue weighted by molar-refractivity contribution is 5.92. The highest BCUT2D eigenvalue weighted by Crippen LogP contribution is 2.27. The van der Waals surface area contributed by atoms with E-state index in [0.717, 1.165) is 18.8 Å². The Balaban J connectivity index is 1.53. The number of anilines is 1. The minimum absolute atomic E-state index is 0.102. The summed E-state index contributed by atoms with van der Waals surface area (Å²) in [6.45, 7) is 4.68. The molecule has 1 saturated carbocycles. The molecular weight excluding hydrogens is 262 g/mol. The molecule has 2 N–H and O–H groups in total. The molecule has 1 saturated heterocycles. The van der Waals surface area contributed by atoms with Gasteiger partial charge in [-0.25, -0.2) is 0 Å². The lowest BCUT2D eigenvalue weighted by Gasteiger charge is -2.25. The summed E-state index contributed by atoms with van der Waals surface area (Å²) in [5.41, 5.74) is 2.07. The maximum Gasteiger partial charge on any atom is 0.238 e. The van der Waals surface area contributed by atoms with Crippen molar-refractivity contribution in [2.75, 3.05) is 25.0 Å². The largest absolute Gasteiger partial charge is 0.325 e. The smallest absolute Gasteiger partial charge is 0.238 e. The Morgan fingerprint density at radius 1 is 1.38 bits per heavy atom. The second kappa shape index (κ2) is 6.58. The summed E-state index contributed by atoms with van der Waals surface area (Å²) in [4.78, 5) is 14.6. The summed E-state index contributed by atoms with van der Waals surface area (Å²) < 4.78 is 0. The first-order valence-corrected chi connectivity index (χ1v) is 8.04. The maximum atomic E-state index is 12.3. The molecule has 3 rings (SSSR count). The molecule has 2 aliphatic rings. The Bertz CT molecular complexity index is 493. The van der Waals surface area contributed by atoms with Gasteiger partial charge in [0, 0.05) is 24.3 Å². The maximum absolute atomic E-state index is 12.3. The van der Waals surface area contributed by atoms with Gasteiger partial charge in [0.2, 0.25) is 5.91 Å². The van der Waals surface area contributed by atoms with Crippen LogP contribution in [-0.2, 0) is 4.79 Å². The standard InChI is InChI=1S/C17H25N3O/c1-13-4-2-5-14(10-13)19-17(21)12-20(16-7-8-16)11-15-6-3-9-18-15/h2,4-5,10,15-16,18H,3,6-9,11-12H2,1H3,(H,19,21). The van der Waals surface area contributed by atoms with Gasteiger partial charge in [-0.2, -0.15) is 0 Å². The van der Waals surface area contributed by atoms with Crippen molar-refractivity contribution in [1.82, 2.24) is 10.2 Å². The quantitative estimate of drug-likeness (QED) is 0.842. The van der Waals surface area contributed by atoms with Crippen LogP contribution in [0.15, 0.2) is 24.3 Å². The van der Waals surface area contributed by atoms with E-state index in [1.165, 1.54) is 31.2 Å². The fourth-order valence-electron chi connectivity index (χ4n) is 3.09. The van der Waals surface area contributed by atoms with Gasteiger partial charge in [0.15, 0.2) is 0 Å². The molecule has 0 bridgehead atoms. The van der Waals surface area contributed by atoms with Crippen LogP contribution in [0, 0.1) is 6.92 Å². The molecule has 1 aliphatic heterocycles. The third-order valence-electron chi connectivity index (χ3n) is 4.33. The van der Waals surface area contributed by atoms with Gasteiger partial charge in [0.25, 0.3) is 0 Å². The average Bonchev–Trinajstić information content (AvgIpc) is 3.17. The molecule has 1 amide bonds. The molecule has 1 aromatic carbocycles. The average molecular weight is 287 g/mol. The molecule has 21 heavy (non-hydrogen) atoms. The molecule has 1 aliphatic carbocycles. The van der Waals surface area contributed by atoms with Gasteiger partial charge in [-0.3, -0.25) is 9.69 Å². The number of aryl methyl sites for hydroxylation is 1. The van der Waals surface area contributed by atoms with E-state index in [-0.39, 0.29) is 5.91 Å². The first-order chi connectivity index (χ1) is 10.2. The van der Waals surface area contributed by atoms with E-state index in [1.54, 1.807) is 0 Å². The molecule has 0 spiro atoms. The Kier molecular flexibility index (Phi) is 4.56. The van der Waals surface area contributed by atoms with Crippen molar-refractivity contribution in [2.24, 2.45) is 0 Å². The van der Waals surface area contributed by atoms with Crippen molar-refractivity contribution < 1.29 is 4.79 Å². The van der Waals surface area contributed by atoms with Crippen LogP contribution in [0.4, 0.5) is 5.69 Å². The third-order valence-corrected chi connectivity index (χ3v) is 4.33. The molecule has 4 heteroatoms. The van der Waals surface area contributed by atoms with Gasteiger partial charge in [0.1, 0.15) is 0 Å². The first kappa shape index (κ1) is 14.5. The number of nitrogens with one attached hydrogen (secondary N) is 2. The Morgan fingerprint density at radius 3 is 2.90 bits per heavy atom. The molecule has 1 heterocycles. The molecule has 0 radical (unpaired) electrons. The number of hydrogen-bond acceptors (Lipinski definition) is 3. The van der Waals surface area contributed by atoms with Crippen molar-refractivity contribution in [3.63, 3.8) is 0 Å². The third kappa shape index (κ3) is 4.29. The molecule has 1 atom stereocenters. The van der Waals surface area contributed by atoms with Crippen LogP contribution in [0.3, 0.4) is 0 Å². The summed E-state index contributed by atoms with van der Waals surface area (Å²) >= 11 is 0. The summed E-state index contributed by atoms with van der Waals surface area (Å²) in [6.07, 6.45) is 4.98. The van der Waals surface area contributed by atoms with Crippen LogP contribution in [0.25, 0.3) is 0 Å². The van der Waals surface area contributed by atoms with E-state index in [1.807, 2.05) is 31.2 Å². The zero-order valence-corrected chi connectivity index (χ0v) is 12.8. The lowest BCUT2D eigenvalue weighted by Crippen LogP contribution is -2.42. The van der Waals surface area contributed by atoms with Crippen molar-refractivity contribution in [2.45, 2.75) is 44.7 Å². The summed E-state index contributed by atoms with van der Waals surface area (Å²) in [6, 6.07) is 9.17. The summed E-state index contributed by atoms with van der Waals surface area (Å²) in [5.74, 6) is 0.102. The number of amides is 1. The van der Waals surface area contributed by atoms with Gasteiger partial charge in [-0.1, -0.05) is 12.1 Å². The molecule has 4 nitrogen and oxygen atoms in total. The number of nitrogens with zero attached hydrogens (tertiary/aromatic N) is 1. The fourth-order valence-corrected chi connectivity index (χ4v) is 3.09. The van der Waals surface area contributed by atoms with Crippen LogP contribution in [0.2, 0.25) is 0 Å². The lowest BCUT2D eigenvalue weighted by molar-refractivity contribution is -0.117. The Hall–Kier alpha value is -1.39. The molecular formula is C17H25N3O. The molecule has 0 aromatic heterocycles. The number of hydrogen-bond donors (Lipinski definition) is 2. The topological polar surface area (TPSA) is 44.4 Å². The number of carbonyl (C=O) groups is 1. The predicted octanol–water partition coefficient (Wildman–Crippen LogP) is 2.15. The normalized spacial score (nSPS) is 21.7. The van der Waals surface area contributed by atoms with Gasteiger partial charge in [-0.15, -0.1) is 0 Å². The molecule has 1 aromatic rings. The zero-order valence-electron chi connectivity index (χ0n) is 12.8. The second-order valence-electron chi connectivity index (χ2n) is 6.37. The van der Waals surface area contributed by atoms with Crippen molar-refractivity contribution in [3.05, 3.63) is 29.8 Å². The minimum atomic E-state index is 0.102. The minimum Gasteiger partial charge on any atom is -0.325 e. The van der Waals surface area contributed by atoms with E-state index in [0.29, 0.717) is 18.6 Å². The summed E-state index contributed by atoms with van der Waals surface area (Å²) in [5, 5.41) is 6.55. The highest BCUT2D eigenvalue weighted by Gasteiger charge is 2.32. The molecule has 2 fully saturated rings. The zero-order chi connectivity index (χ0) is 14.7. The van der Waals surface area contributed by atoms with Crippen LogP contribution in [-0.4, -0.2) is 42.5 Å². The Labute approximate surface area is 126 Å². The molecule has 114 valence electrons. The lowest BCUT2D eigenvalue weighted by atomic mass is 10.2. The van der Waals surface area contributed by atoms with E-state index >= 15 is 0 Å². The van der Waals surface area contributed by atoms with E-state index < -0.39 is 0 Å². The van der Waals surface area contributed by atoms with Crippen LogP contribution < -0.4 is 10.6 Å². The number of benzene rings is 1. The number of rotatable bonds is 6. The van der Waals surface area contributed by atoms with E-state index in [9.17, 15) is 4.79 Å². The molecule has 1 unspecified atom stereocenters. The highest BCUT2D eigenvalue weighted by atomic mass is 16.2. The van der Waals surface area contributed by atoms with Crippen molar-refractivity contribution >= 4 is 11.6 Å². The fraction of sp³-hybridized carbons (Fsp3) is 0.588. The van der Waals surface area contributed by atoms with Crippen LogP contribution in [0.1, 0.15) is 31.2 Å². The van der Waals surface area contributed by atoms with Crippen LogP contribution >= 0.6 is 0 Å². The predicted molar refractivity (Wildman–Crippen MR) is 85.4 cm³/mol. The number of carbonyl (C=O) groups excluding carboxylic acids is 1. The van der Waals surface area contributed by atoms with Crippen molar-refractivity contribution in [1.29, 1.82) is 0 Å². The Morgan fingerprint density at radius 2 is 2.24 bits per heavy atom. The first-order valence-electron chi connectivity index (χ1n) is 8.04. The second-order valence-corrected chi connectivity index (χ2v) is 6.37. The van der Waals surface area contributed by atoms with Gasteiger partial charge in [-0.05, 0) is 56.8 Å². The summed E-state index contributed by atoms with van der Waals surface area (Å²) in [7, 11) is 0. The van der Waals surface area contributed by atoms with E-state index in [2.05, 4.69) is 15.5 Å². The van der Waals surface area contributed by atoms with Crippen LogP contribution in [0.5, 0.6) is 0 Å².